The molecule has 2 N–H and O–H groups in total. The molecule has 4 nitrogen and oxygen atoms in total. The third-order valence-corrected chi connectivity index (χ3v) is 3.16. The Bertz CT molecular complexity index is 307. The lowest BCUT2D eigenvalue weighted by Gasteiger charge is -2.27. The van der Waals surface area contributed by atoms with Gasteiger partial charge in [-0.2, -0.15) is 0 Å². The van der Waals surface area contributed by atoms with Crippen molar-refractivity contribution in [2.45, 2.75) is 44.1 Å². The number of aromatic nitrogens is 2. The standard InChI is InChI=1S/C12H19N3O/c13-12(6-3-1-2-4-7-12)9-16-11-5-8-14-10-15-11/h5,8,10H,1-4,6-7,9,13H2. The van der Waals surface area contributed by atoms with Gasteiger partial charge in [0.25, 0.3) is 0 Å². The van der Waals surface area contributed by atoms with Crippen molar-refractivity contribution in [1.29, 1.82) is 0 Å². The number of nitrogens with two attached hydrogens (primary N) is 1. The summed E-state index contributed by atoms with van der Waals surface area (Å²) in [4.78, 5) is 7.88. The quantitative estimate of drug-likeness (QED) is 0.792. The van der Waals surface area contributed by atoms with Crippen LogP contribution in [0.1, 0.15) is 38.5 Å². The molecule has 4 heteroatoms. The lowest BCUT2D eigenvalue weighted by atomic mass is 9.93. The molecule has 0 aromatic carbocycles. The zero-order valence-electron chi connectivity index (χ0n) is 9.56. The normalized spacial score (nSPS) is 20.1. The Labute approximate surface area is 96.2 Å². The second kappa shape index (κ2) is 5.25. The Balaban J connectivity index is 1.88. The van der Waals surface area contributed by atoms with E-state index in [4.69, 9.17) is 10.5 Å². The van der Waals surface area contributed by atoms with Gasteiger partial charge in [-0.25, -0.2) is 9.97 Å². The summed E-state index contributed by atoms with van der Waals surface area (Å²) in [5.41, 5.74) is 6.17. The van der Waals surface area contributed by atoms with Crippen LogP contribution in [0.15, 0.2) is 18.6 Å². The van der Waals surface area contributed by atoms with E-state index in [0.717, 1.165) is 12.8 Å². The van der Waals surface area contributed by atoms with Crippen molar-refractivity contribution in [3.63, 3.8) is 0 Å². The molecule has 1 fully saturated rings. The minimum atomic E-state index is -0.165. The van der Waals surface area contributed by atoms with Crippen LogP contribution in [-0.4, -0.2) is 22.1 Å². The van der Waals surface area contributed by atoms with Crippen molar-refractivity contribution in [1.82, 2.24) is 9.97 Å². The maximum atomic E-state index is 6.34. The van der Waals surface area contributed by atoms with Gasteiger partial charge in [0.15, 0.2) is 0 Å². The number of nitrogens with zero attached hydrogens (tertiary/aromatic N) is 2. The van der Waals surface area contributed by atoms with E-state index in [1.54, 1.807) is 12.3 Å². The third-order valence-electron chi connectivity index (χ3n) is 3.16. The molecule has 1 saturated carbocycles. The summed E-state index contributed by atoms with van der Waals surface area (Å²) in [5.74, 6) is 0.615. The fourth-order valence-corrected chi connectivity index (χ4v) is 2.16. The third kappa shape index (κ3) is 3.17. The highest BCUT2D eigenvalue weighted by molar-refractivity contribution is 5.05. The van der Waals surface area contributed by atoms with Crippen LogP contribution in [0.2, 0.25) is 0 Å². The minimum Gasteiger partial charge on any atom is -0.476 e. The highest BCUT2D eigenvalue weighted by Crippen LogP contribution is 2.25. The van der Waals surface area contributed by atoms with Crippen LogP contribution < -0.4 is 10.5 Å². The van der Waals surface area contributed by atoms with Crippen LogP contribution in [0, 0.1) is 0 Å². The van der Waals surface area contributed by atoms with Gasteiger partial charge >= 0.3 is 0 Å². The van der Waals surface area contributed by atoms with Gasteiger partial charge in [-0.3, -0.25) is 0 Å². The minimum absolute atomic E-state index is 0.165. The topological polar surface area (TPSA) is 61.0 Å². The Hall–Kier alpha value is -1.16. The van der Waals surface area contributed by atoms with Crippen LogP contribution in [0.4, 0.5) is 0 Å². The van der Waals surface area contributed by atoms with Crippen molar-refractivity contribution in [2.75, 3.05) is 6.61 Å². The summed E-state index contributed by atoms with van der Waals surface area (Å²) >= 11 is 0. The van der Waals surface area contributed by atoms with E-state index in [1.165, 1.54) is 32.0 Å². The van der Waals surface area contributed by atoms with E-state index in [9.17, 15) is 0 Å². The van der Waals surface area contributed by atoms with Crippen LogP contribution in [0.25, 0.3) is 0 Å². The molecular formula is C12H19N3O. The van der Waals surface area contributed by atoms with Crippen molar-refractivity contribution in [2.24, 2.45) is 5.73 Å². The summed E-state index contributed by atoms with van der Waals surface area (Å²) < 4.78 is 5.63. The first-order valence-electron chi connectivity index (χ1n) is 5.96. The fourth-order valence-electron chi connectivity index (χ4n) is 2.16. The molecule has 1 aliphatic carbocycles. The monoisotopic (exact) mass is 221 g/mol. The predicted octanol–water partition coefficient (Wildman–Crippen LogP) is 1.91. The van der Waals surface area contributed by atoms with E-state index >= 15 is 0 Å². The second-order valence-corrected chi connectivity index (χ2v) is 4.61. The van der Waals surface area contributed by atoms with E-state index in [2.05, 4.69) is 9.97 Å². The first kappa shape index (κ1) is 11.3. The van der Waals surface area contributed by atoms with Gasteiger partial charge in [-0.15, -0.1) is 0 Å². The fraction of sp³-hybridized carbons (Fsp3) is 0.667. The Morgan fingerprint density at radius 1 is 1.25 bits per heavy atom. The zero-order valence-corrected chi connectivity index (χ0v) is 9.56. The molecular weight excluding hydrogens is 202 g/mol. The molecule has 1 aromatic rings. The molecule has 0 unspecified atom stereocenters. The van der Waals surface area contributed by atoms with Gasteiger partial charge in [-0.1, -0.05) is 25.7 Å². The molecule has 0 aliphatic heterocycles. The number of hydrogen-bond donors (Lipinski definition) is 1. The maximum absolute atomic E-state index is 6.34. The van der Waals surface area contributed by atoms with Crippen molar-refractivity contribution < 1.29 is 4.74 Å². The maximum Gasteiger partial charge on any atom is 0.216 e. The molecule has 0 spiro atoms. The molecule has 0 saturated heterocycles. The summed E-state index contributed by atoms with van der Waals surface area (Å²) in [5, 5.41) is 0. The van der Waals surface area contributed by atoms with E-state index in [1.807, 2.05) is 0 Å². The van der Waals surface area contributed by atoms with Crippen molar-refractivity contribution >= 4 is 0 Å². The van der Waals surface area contributed by atoms with Gasteiger partial charge in [0, 0.05) is 12.3 Å². The van der Waals surface area contributed by atoms with E-state index in [0.29, 0.717) is 12.5 Å². The number of ether oxygens (including phenoxy) is 1. The summed E-state index contributed by atoms with van der Waals surface area (Å²) in [7, 11) is 0. The van der Waals surface area contributed by atoms with Gasteiger partial charge < -0.3 is 10.5 Å². The summed E-state index contributed by atoms with van der Waals surface area (Å²) in [6, 6.07) is 1.76. The number of rotatable bonds is 3. The largest absolute Gasteiger partial charge is 0.476 e. The highest BCUT2D eigenvalue weighted by atomic mass is 16.5. The van der Waals surface area contributed by atoms with Crippen LogP contribution in [0.3, 0.4) is 0 Å². The number of hydrogen-bond acceptors (Lipinski definition) is 4. The Kier molecular flexibility index (Phi) is 3.72. The van der Waals surface area contributed by atoms with Crippen molar-refractivity contribution in [3.05, 3.63) is 18.6 Å². The molecule has 0 bridgehead atoms. The average Bonchev–Trinajstić information content (AvgIpc) is 2.54. The molecule has 16 heavy (non-hydrogen) atoms. The summed E-state index contributed by atoms with van der Waals surface area (Å²) in [6.45, 7) is 0.560. The van der Waals surface area contributed by atoms with Gasteiger partial charge in [-0.05, 0) is 12.8 Å². The summed E-state index contributed by atoms with van der Waals surface area (Å²) in [6.07, 6.45) is 10.3. The highest BCUT2D eigenvalue weighted by Gasteiger charge is 2.27. The van der Waals surface area contributed by atoms with Crippen molar-refractivity contribution in [3.8, 4) is 5.88 Å². The molecule has 1 aromatic heterocycles. The molecule has 1 aliphatic rings. The van der Waals surface area contributed by atoms with E-state index < -0.39 is 0 Å². The Morgan fingerprint density at radius 3 is 2.62 bits per heavy atom. The zero-order chi connectivity index (χ0) is 11.3. The first-order chi connectivity index (χ1) is 7.79. The van der Waals surface area contributed by atoms with Crippen LogP contribution >= 0.6 is 0 Å². The molecule has 2 rings (SSSR count). The average molecular weight is 221 g/mol. The SMILES string of the molecule is NC1(COc2ccncn2)CCCCCC1. The smallest absolute Gasteiger partial charge is 0.216 e. The van der Waals surface area contributed by atoms with Crippen LogP contribution in [0.5, 0.6) is 5.88 Å². The van der Waals surface area contributed by atoms with E-state index in [-0.39, 0.29) is 5.54 Å². The lowest BCUT2D eigenvalue weighted by molar-refractivity contribution is 0.193. The molecule has 0 atom stereocenters. The molecule has 88 valence electrons. The second-order valence-electron chi connectivity index (χ2n) is 4.61. The lowest BCUT2D eigenvalue weighted by Crippen LogP contribution is -2.45. The van der Waals surface area contributed by atoms with Crippen LogP contribution in [-0.2, 0) is 0 Å². The predicted molar refractivity (Wildman–Crippen MR) is 62.1 cm³/mol. The molecule has 0 amide bonds. The Morgan fingerprint density at radius 2 is 2.00 bits per heavy atom. The van der Waals surface area contributed by atoms with Gasteiger partial charge in [0.05, 0.1) is 5.54 Å². The van der Waals surface area contributed by atoms with Gasteiger partial charge in [0.2, 0.25) is 5.88 Å². The first-order valence-corrected chi connectivity index (χ1v) is 5.96. The van der Waals surface area contributed by atoms with Gasteiger partial charge in [0.1, 0.15) is 12.9 Å². The molecule has 1 heterocycles. The molecule has 0 radical (unpaired) electrons.